The van der Waals surface area contributed by atoms with Crippen LogP contribution in [0.15, 0.2) is 24.3 Å². The van der Waals surface area contributed by atoms with Gasteiger partial charge >= 0.3 is 0 Å². The van der Waals surface area contributed by atoms with E-state index >= 15 is 0 Å². The van der Waals surface area contributed by atoms with Crippen LogP contribution in [0.3, 0.4) is 0 Å². The lowest BCUT2D eigenvalue weighted by atomic mass is 9.99. The number of aryl methyl sites for hydroxylation is 1. The highest BCUT2D eigenvalue weighted by molar-refractivity contribution is 14.1. The highest BCUT2D eigenvalue weighted by Gasteiger charge is 2.04. The molecule has 1 rings (SSSR count). The van der Waals surface area contributed by atoms with Gasteiger partial charge in [0.15, 0.2) is 0 Å². The Hall–Kier alpha value is -0.250. The minimum atomic E-state index is 0.356. The Bertz CT molecular complexity index is 252. The molecule has 0 fully saturated rings. The molecule has 1 aromatic carbocycles. The van der Waals surface area contributed by atoms with E-state index in [0.29, 0.717) is 5.75 Å². The summed E-state index contributed by atoms with van der Waals surface area (Å²) in [5.41, 5.74) is 1.33. The second-order valence-corrected chi connectivity index (χ2v) is 4.51. The lowest BCUT2D eigenvalue weighted by molar-refractivity contribution is 0.474. The van der Waals surface area contributed by atoms with E-state index in [9.17, 15) is 0 Å². The van der Waals surface area contributed by atoms with Gasteiger partial charge in [-0.05, 0) is 36.5 Å². The van der Waals surface area contributed by atoms with Crippen molar-refractivity contribution in [1.29, 1.82) is 0 Å². The van der Waals surface area contributed by atoms with Gasteiger partial charge in [0.2, 0.25) is 0 Å². The molecule has 1 nitrogen and oxygen atoms in total. The number of hydrogen-bond acceptors (Lipinski definition) is 1. The van der Waals surface area contributed by atoms with Crippen LogP contribution in [-0.4, -0.2) is 9.53 Å². The second-order valence-electron chi connectivity index (χ2n) is 3.63. The van der Waals surface area contributed by atoms with Crippen molar-refractivity contribution in [3.05, 3.63) is 29.8 Å². The van der Waals surface area contributed by atoms with Crippen molar-refractivity contribution < 1.29 is 5.11 Å². The second kappa shape index (κ2) is 6.27. The van der Waals surface area contributed by atoms with Crippen LogP contribution >= 0.6 is 22.6 Å². The van der Waals surface area contributed by atoms with Crippen LogP contribution in [0.2, 0.25) is 0 Å². The molecule has 0 aliphatic heterocycles. The quantitative estimate of drug-likeness (QED) is 0.648. The molecule has 1 atom stereocenters. The van der Waals surface area contributed by atoms with Crippen LogP contribution < -0.4 is 0 Å². The molecular formula is C12H17IO. The fraction of sp³-hybridized carbons (Fsp3) is 0.500. The van der Waals surface area contributed by atoms with Gasteiger partial charge in [0.05, 0.1) is 0 Å². The molecule has 0 aromatic heterocycles. The normalized spacial score (nSPS) is 12.7. The zero-order valence-electron chi connectivity index (χ0n) is 8.54. The fourth-order valence-electron chi connectivity index (χ4n) is 1.42. The smallest absolute Gasteiger partial charge is 0.115 e. The number of aromatic hydroxyl groups is 1. The molecule has 0 radical (unpaired) electrons. The standard InChI is InChI=1S/C12H17IO/c1-2-10(9-13)3-4-11-5-7-12(14)8-6-11/h5-8,10,14H,2-4,9H2,1H3. The zero-order chi connectivity index (χ0) is 10.4. The van der Waals surface area contributed by atoms with E-state index in [1.807, 2.05) is 12.1 Å². The van der Waals surface area contributed by atoms with Crippen molar-refractivity contribution in [2.24, 2.45) is 5.92 Å². The minimum Gasteiger partial charge on any atom is -0.508 e. The van der Waals surface area contributed by atoms with Crippen LogP contribution in [0.1, 0.15) is 25.3 Å². The Labute approximate surface area is 99.7 Å². The van der Waals surface area contributed by atoms with Crippen LogP contribution in [0, 0.1) is 5.92 Å². The number of halogens is 1. The summed E-state index contributed by atoms with van der Waals surface area (Å²) in [6.45, 7) is 2.25. The zero-order valence-corrected chi connectivity index (χ0v) is 10.7. The van der Waals surface area contributed by atoms with Gasteiger partial charge < -0.3 is 5.11 Å². The molecule has 0 bridgehead atoms. The molecule has 1 unspecified atom stereocenters. The summed E-state index contributed by atoms with van der Waals surface area (Å²) < 4.78 is 1.24. The molecule has 0 amide bonds. The first-order valence-corrected chi connectivity index (χ1v) is 6.62. The van der Waals surface area contributed by atoms with Crippen LogP contribution in [0.4, 0.5) is 0 Å². The van der Waals surface area contributed by atoms with Gasteiger partial charge in [-0.1, -0.05) is 48.1 Å². The molecule has 0 aliphatic carbocycles. The number of alkyl halides is 1. The Kier molecular flexibility index (Phi) is 5.30. The Morgan fingerprint density at radius 2 is 1.93 bits per heavy atom. The maximum Gasteiger partial charge on any atom is 0.115 e. The van der Waals surface area contributed by atoms with Crippen LogP contribution in [0.5, 0.6) is 5.75 Å². The SMILES string of the molecule is CCC(CI)CCc1ccc(O)cc1. The van der Waals surface area contributed by atoms with Gasteiger partial charge in [-0.25, -0.2) is 0 Å². The topological polar surface area (TPSA) is 20.2 Å². The van der Waals surface area contributed by atoms with Gasteiger partial charge in [0.25, 0.3) is 0 Å². The van der Waals surface area contributed by atoms with E-state index in [4.69, 9.17) is 5.11 Å². The number of hydrogen-bond donors (Lipinski definition) is 1. The minimum absolute atomic E-state index is 0.356. The molecule has 0 saturated carbocycles. The first kappa shape index (κ1) is 11.8. The molecule has 1 N–H and O–H groups in total. The largest absolute Gasteiger partial charge is 0.508 e. The van der Waals surface area contributed by atoms with E-state index < -0.39 is 0 Å². The molecule has 2 heteroatoms. The number of rotatable bonds is 5. The third kappa shape index (κ3) is 3.86. The molecule has 0 heterocycles. The monoisotopic (exact) mass is 304 g/mol. The average Bonchev–Trinajstić information content (AvgIpc) is 2.22. The predicted molar refractivity (Wildman–Crippen MR) is 69.1 cm³/mol. The summed E-state index contributed by atoms with van der Waals surface area (Å²) in [5.74, 6) is 1.19. The van der Waals surface area contributed by atoms with E-state index in [-0.39, 0.29) is 0 Å². The maximum atomic E-state index is 9.13. The Balaban J connectivity index is 2.41. The van der Waals surface area contributed by atoms with Gasteiger partial charge in [-0.15, -0.1) is 0 Å². The van der Waals surface area contributed by atoms with Crippen molar-refractivity contribution in [3.63, 3.8) is 0 Å². The summed E-state index contributed by atoms with van der Waals surface area (Å²) in [6.07, 6.45) is 3.65. The van der Waals surface area contributed by atoms with E-state index in [0.717, 1.165) is 12.3 Å². The summed E-state index contributed by atoms with van der Waals surface area (Å²) in [7, 11) is 0. The van der Waals surface area contributed by atoms with Gasteiger partial charge in [-0.2, -0.15) is 0 Å². The van der Waals surface area contributed by atoms with Crippen LogP contribution in [0.25, 0.3) is 0 Å². The highest BCUT2D eigenvalue weighted by Crippen LogP contribution is 2.17. The van der Waals surface area contributed by atoms with Crippen molar-refractivity contribution >= 4 is 22.6 Å². The summed E-state index contributed by atoms with van der Waals surface area (Å²) in [4.78, 5) is 0. The summed E-state index contributed by atoms with van der Waals surface area (Å²) >= 11 is 2.46. The average molecular weight is 304 g/mol. The maximum absolute atomic E-state index is 9.13. The van der Waals surface area contributed by atoms with Crippen molar-refractivity contribution in [3.8, 4) is 5.75 Å². The molecule has 0 aliphatic rings. The Morgan fingerprint density at radius 1 is 1.29 bits per heavy atom. The van der Waals surface area contributed by atoms with Crippen molar-refractivity contribution in [1.82, 2.24) is 0 Å². The third-order valence-corrected chi connectivity index (χ3v) is 3.82. The molecule has 78 valence electrons. The molecular weight excluding hydrogens is 287 g/mol. The summed E-state index contributed by atoms with van der Waals surface area (Å²) in [6, 6.07) is 7.55. The van der Waals surface area contributed by atoms with E-state index in [2.05, 4.69) is 29.5 Å². The van der Waals surface area contributed by atoms with Gasteiger partial charge in [0, 0.05) is 4.43 Å². The van der Waals surface area contributed by atoms with Crippen LogP contribution in [-0.2, 0) is 6.42 Å². The van der Waals surface area contributed by atoms with E-state index in [1.165, 1.54) is 22.8 Å². The highest BCUT2D eigenvalue weighted by atomic mass is 127. The first-order valence-electron chi connectivity index (χ1n) is 5.10. The molecule has 1 aromatic rings. The summed E-state index contributed by atoms with van der Waals surface area (Å²) in [5, 5.41) is 9.13. The van der Waals surface area contributed by atoms with Gasteiger partial charge in [-0.3, -0.25) is 0 Å². The Morgan fingerprint density at radius 3 is 2.43 bits per heavy atom. The fourth-order valence-corrected chi connectivity index (χ4v) is 2.49. The van der Waals surface area contributed by atoms with Crippen molar-refractivity contribution in [2.75, 3.05) is 4.43 Å². The van der Waals surface area contributed by atoms with E-state index in [1.54, 1.807) is 12.1 Å². The molecule has 0 saturated heterocycles. The molecule has 0 spiro atoms. The first-order chi connectivity index (χ1) is 6.76. The van der Waals surface area contributed by atoms with Gasteiger partial charge in [0.1, 0.15) is 5.75 Å². The molecule has 14 heavy (non-hydrogen) atoms. The number of phenolic OH excluding ortho intramolecular Hbond substituents is 1. The lowest BCUT2D eigenvalue weighted by Gasteiger charge is -2.10. The van der Waals surface area contributed by atoms with Crippen molar-refractivity contribution in [2.45, 2.75) is 26.2 Å². The lowest BCUT2D eigenvalue weighted by Crippen LogP contribution is -2.01. The number of phenols is 1. The third-order valence-electron chi connectivity index (χ3n) is 2.57. The predicted octanol–water partition coefficient (Wildman–Crippen LogP) is 3.79. The number of benzene rings is 1.